The third-order valence-corrected chi connectivity index (χ3v) is 6.51. The van der Waals surface area contributed by atoms with E-state index in [0.717, 1.165) is 6.07 Å². The van der Waals surface area contributed by atoms with E-state index in [1.807, 2.05) is 0 Å². The van der Waals surface area contributed by atoms with Crippen LogP contribution in [0.4, 0.5) is 5.88 Å². The Labute approximate surface area is 185 Å². The van der Waals surface area contributed by atoms with Crippen molar-refractivity contribution in [2.24, 2.45) is 0 Å². The average molecular weight is 462 g/mol. The van der Waals surface area contributed by atoms with E-state index in [2.05, 4.69) is 5.16 Å². The summed E-state index contributed by atoms with van der Waals surface area (Å²) in [5, 5.41) is 3.72. The fourth-order valence-electron chi connectivity index (χ4n) is 2.44. The minimum absolute atomic E-state index is 0.0497. The molecule has 1 aromatic carbocycles. The topological polar surface area (TPSA) is 108 Å². The van der Waals surface area contributed by atoms with Crippen molar-refractivity contribution in [2.45, 2.75) is 25.0 Å². The lowest BCUT2D eigenvalue weighted by molar-refractivity contribution is 0.0994. The number of Topliss-reactive ketones (excluding diaryl/α,β-unsaturated/α-hetero) is 1. The Morgan fingerprint density at radius 2 is 2.24 bits per heavy atom. The molecule has 1 aliphatic rings. The number of nitrogens with one attached hydrogen (secondary N) is 1. The van der Waals surface area contributed by atoms with Crippen LogP contribution in [0.25, 0.3) is 0 Å². The van der Waals surface area contributed by atoms with Crippen molar-refractivity contribution >= 4 is 44.6 Å². The number of ether oxygens (including phenoxy) is 2. The zero-order chi connectivity index (χ0) is 26.8. The van der Waals surface area contributed by atoms with Crippen molar-refractivity contribution < 1.29 is 36.8 Å². The lowest BCUT2D eigenvalue weighted by atomic mass is 10.0. The highest BCUT2D eigenvalue weighted by molar-refractivity contribution is 7.93. The molecule has 1 aliphatic heterocycles. The molecule has 0 saturated carbocycles. The van der Waals surface area contributed by atoms with Crippen molar-refractivity contribution in [3.63, 3.8) is 0 Å². The molecule has 8 nitrogen and oxygen atoms in total. The summed E-state index contributed by atoms with van der Waals surface area (Å²) < 4.78 is 95.7. The standard InChI is InChI=1S/C18H15ClN2O6S2/c1-9-5-13-14(26-8-25-13)7-11(9)6-12(22)17-15(3-4-28-17)29(23,24)21-18-16(19)10(2)20-27-18/h3-5,7,21H,6,8H2,1-2H3/i2D3,6D2,8D/hD. The van der Waals surface area contributed by atoms with Crippen LogP contribution in [0.2, 0.25) is 6.43 Å². The molecule has 0 fully saturated rings. The molecule has 0 saturated heterocycles. The zero-order valence-electron chi connectivity index (χ0n) is 21.4. The van der Waals surface area contributed by atoms with Gasteiger partial charge < -0.3 is 14.0 Å². The molecule has 0 aliphatic carbocycles. The quantitative estimate of drug-likeness (QED) is 0.553. The molecule has 2 aromatic heterocycles. The average Bonchev–Trinajstić information content (AvgIpc) is 3.48. The number of carbonyl (C=O) groups is 1. The Morgan fingerprint density at radius 3 is 2.97 bits per heavy atom. The number of nitrogens with zero attached hydrogens (tertiary/aromatic N) is 1. The highest BCUT2D eigenvalue weighted by Gasteiger charge is 2.27. The van der Waals surface area contributed by atoms with E-state index >= 15 is 0 Å². The van der Waals surface area contributed by atoms with Crippen LogP contribution in [-0.4, -0.2) is 26.1 Å². The van der Waals surface area contributed by atoms with Gasteiger partial charge in [0.25, 0.3) is 15.9 Å². The Hall–Kier alpha value is -2.56. The SMILES string of the molecule is [2H]C1Oc2cc(C)c(C([2H])([2H])C(=O)c3sccc3S(=O)(=O)N([2H])c3onc(C([2H])([2H])[2H])c3Cl)cc2O1. The Balaban J connectivity index is 1.72. The maximum Gasteiger partial charge on any atom is 0.265 e. The fraction of sp³-hybridized carbons (Fsp3) is 0.222. The minimum atomic E-state index is -4.90. The van der Waals surface area contributed by atoms with E-state index in [9.17, 15) is 13.2 Å². The number of carbonyl (C=O) groups excluding carboxylic acids is 1. The van der Waals surface area contributed by atoms with E-state index in [4.69, 9.17) is 35.2 Å². The highest BCUT2D eigenvalue weighted by Crippen LogP contribution is 2.36. The van der Waals surface area contributed by atoms with Crippen molar-refractivity contribution in [1.29, 1.82) is 0 Å². The van der Waals surface area contributed by atoms with E-state index in [1.165, 1.54) is 24.4 Å². The lowest BCUT2D eigenvalue weighted by Crippen LogP contribution is -2.16. The summed E-state index contributed by atoms with van der Waals surface area (Å²) >= 11 is 6.53. The second kappa shape index (κ2) is 7.36. The van der Waals surface area contributed by atoms with Crippen molar-refractivity contribution in [3.05, 3.63) is 50.3 Å². The van der Waals surface area contributed by atoms with Gasteiger partial charge in [-0.2, -0.15) is 0 Å². The molecule has 11 heteroatoms. The molecular formula is C18H15ClN2O6S2. The van der Waals surface area contributed by atoms with E-state index in [-0.39, 0.29) is 21.8 Å². The monoisotopic (exact) mass is 461 g/mol. The number of benzene rings is 1. The first kappa shape index (κ1) is 12.9. The fourth-order valence-corrected chi connectivity index (χ4v) is 4.84. The molecule has 4 rings (SSSR count). The van der Waals surface area contributed by atoms with Gasteiger partial charge >= 0.3 is 0 Å². The third kappa shape index (κ3) is 3.70. The molecule has 152 valence electrons. The summed E-state index contributed by atoms with van der Waals surface area (Å²) in [5.41, 5.74) is -0.597. The predicted molar refractivity (Wildman–Crippen MR) is 107 cm³/mol. The number of ketones is 1. The molecule has 1 atom stereocenters. The number of sulfonamides is 1. The van der Waals surface area contributed by atoms with Gasteiger partial charge in [-0.3, -0.25) is 4.79 Å². The number of hydrogen-bond donors (Lipinski definition) is 1. The Kier molecular flexibility index (Phi) is 3.27. The van der Waals surface area contributed by atoms with E-state index < -0.39 is 62.2 Å². The van der Waals surface area contributed by atoms with E-state index in [1.54, 1.807) is 0 Å². The van der Waals surface area contributed by atoms with Gasteiger partial charge in [-0.1, -0.05) is 16.8 Å². The molecule has 3 aromatic rings. The van der Waals surface area contributed by atoms with Gasteiger partial charge in [-0.15, -0.1) is 11.3 Å². The normalized spacial score (nSPS) is 19.9. The van der Waals surface area contributed by atoms with Gasteiger partial charge in [0.05, 0.1) is 4.88 Å². The smallest absolute Gasteiger partial charge is 0.265 e. The van der Waals surface area contributed by atoms with Crippen LogP contribution >= 0.6 is 22.9 Å². The van der Waals surface area contributed by atoms with Crippen LogP contribution < -0.4 is 14.2 Å². The molecule has 0 amide bonds. The van der Waals surface area contributed by atoms with Gasteiger partial charge in [0.1, 0.15) is 17.0 Å². The maximum atomic E-state index is 13.3. The summed E-state index contributed by atoms with van der Waals surface area (Å²) in [7, 11) is -4.90. The number of halogens is 1. The lowest BCUT2D eigenvalue weighted by Gasteiger charge is -2.09. The minimum Gasteiger partial charge on any atom is -0.454 e. The molecule has 3 heterocycles. The largest absolute Gasteiger partial charge is 0.454 e. The van der Waals surface area contributed by atoms with Crippen LogP contribution in [0.15, 0.2) is 33.0 Å². The first-order valence-electron chi connectivity index (χ1n) is 11.3. The summed E-state index contributed by atoms with van der Waals surface area (Å²) in [6.45, 7) is -2.68. The van der Waals surface area contributed by atoms with Gasteiger partial charge in [-0.25, -0.2) is 13.1 Å². The maximum absolute atomic E-state index is 13.3. The summed E-state index contributed by atoms with van der Waals surface area (Å²) in [5.74, 6) is -1.88. The second-order valence-electron chi connectivity index (χ2n) is 5.73. The molecule has 1 unspecified atom stereocenters. The number of anilines is 1. The van der Waals surface area contributed by atoms with Crippen LogP contribution in [0.3, 0.4) is 0 Å². The van der Waals surface area contributed by atoms with Crippen LogP contribution in [0, 0.1) is 13.8 Å². The van der Waals surface area contributed by atoms with Crippen molar-refractivity contribution in [2.75, 3.05) is 11.5 Å². The number of hydrogen-bond acceptors (Lipinski definition) is 8. The van der Waals surface area contributed by atoms with Gasteiger partial charge in [0.2, 0.25) is 6.77 Å². The summed E-state index contributed by atoms with van der Waals surface area (Å²) in [6, 6.07) is 3.60. The van der Waals surface area contributed by atoms with Crippen molar-refractivity contribution in [1.82, 2.24) is 5.16 Å². The van der Waals surface area contributed by atoms with Gasteiger partial charge in [0.15, 0.2) is 18.7 Å². The van der Waals surface area contributed by atoms with Crippen LogP contribution in [-0.2, 0) is 16.4 Å². The highest BCUT2D eigenvalue weighted by atomic mass is 35.5. The summed E-state index contributed by atoms with van der Waals surface area (Å²) in [6.07, 6.45) is -2.75. The third-order valence-electron chi connectivity index (χ3n) is 3.82. The Morgan fingerprint density at radius 1 is 1.48 bits per heavy atom. The van der Waals surface area contributed by atoms with E-state index in [0.29, 0.717) is 16.9 Å². The number of aromatic nitrogens is 1. The second-order valence-corrected chi connectivity index (χ2v) is 8.60. The zero-order valence-corrected chi connectivity index (χ0v) is 16.8. The molecule has 0 spiro atoms. The van der Waals surface area contributed by atoms with Crippen molar-refractivity contribution in [3.8, 4) is 11.5 Å². The van der Waals surface area contributed by atoms with Gasteiger partial charge in [-0.05, 0) is 48.5 Å². The van der Waals surface area contributed by atoms with Crippen LogP contribution in [0.1, 0.15) is 34.7 Å². The molecule has 0 radical (unpaired) electrons. The Bertz CT molecular complexity index is 1470. The number of fused-ring (bicyclic) bond motifs is 1. The number of rotatable bonds is 6. The molecular weight excluding hydrogens is 440 g/mol. The molecule has 29 heavy (non-hydrogen) atoms. The summed E-state index contributed by atoms with van der Waals surface area (Å²) in [4.78, 5) is 12.1. The number of thiophene rings is 1. The number of aryl methyl sites for hydroxylation is 2. The first-order valence-corrected chi connectivity index (χ1v) is 10.5. The molecule has 1 N–H and O–H groups in total. The predicted octanol–water partition coefficient (Wildman–Crippen LogP) is 3.96. The van der Waals surface area contributed by atoms with Gasteiger partial charge in [0, 0.05) is 13.2 Å². The molecule has 0 bridgehead atoms. The first-order chi connectivity index (χ1) is 16.6. The van der Waals surface area contributed by atoms with Crippen LogP contribution in [0.5, 0.6) is 11.5 Å².